The summed E-state index contributed by atoms with van der Waals surface area (Å²) in [5.41, 5.74) is 3.76. The van der Waals surface area contributed by atoms with Crippen molar-refractivity contribution in [2.45, 2.75) is 26.8 Å². The van der Waals surface area contributed by atoms with Crippen molar-refractivity contribution in [3.05, 3.63) is 51.6 Å². The predicted molar refractivity (Wildman–Crippen MR) is 79.8 cm³/mol. The summed E-state index contributed by atoms with van der Waals surface area (Å²) in [5, 5.41) is 8.07. The zero-order valence-corrected chi connectivity index (χ0v) is 12.8. The quantitative estimate of drug-likeness (QED) is 0.918. The number of nitrogens with zero attached hydrogens (tertiary/aromatic N) is 2. The second kappa shape index (κ2) is 6.37. The van der Waals surface area contributed by atoms with Gasteiger partial charge in [-0.15, -0.1) is 0 Å². The Hall–Kier alpha value is -1.39. The molecule has 0 aliphatic carbocycles. The van der Waals surface area contributed by atoms with Crippen LogP contribution in [0.25, 0.3) is 0 Å². The normalized spacial score (nSPS) is 11.1. The first-order valence-electron chi connectivity index (χ1n) is 6.65. The highest BCUT2D eigenvalue weighted by Crippen LogP contribution is 2.22. The van der Waals surface area contributed by atoms with Crippen LogP contribution in [0.2, 0.25) is 5.02 Å². The van der Waals surface area contributed by atoms with Gasteiger partial charge in [-0.2, -0.15) is 5.10 Å². The molecule has 0 radical (unpaired) electrons. The molecular formula is C15H19ClFN3. The number of nitrogens with one attached hydrogen (secondary N) is 1. The van der Waals surface area contributed by atoms with Crippen LogP contribution in [-0.2, 0) is 13.0 Å². The van der Waals surface area contributed by atoms with Gasteiger partial charge in [-0.05, 0) is 51.6 Å². The maximum absolute atomic E-state index is 13.8. The fourth-order valence-electron chi connectivity index (χ4n) is 2.33. The molecule has 20 heavy (non-hydrogen) atoms. The van der Waals surface area contributed by atoms with Gasteiger partial charge in [-0.25, -0.2) is 4.39 Å². The average Bonchev–Trinajstić information content (AvgIpc) is 2.67. The van der Waals surface area contributed by atoms with E-state index >= 15 is 0 Å². The van der Waals surface area contributed by atoms with Crippen LogP contribution in [0.4, 0.5) is 4.39 Å². The second-order valence-corrected chi connectivity index (χ2v) is 5.27. The van der Waals surface area contributed by atoms with Crippen LogP contribution >= 0.6 is 11.6 Å². The highest BCUT2D eigenvalue weighted by Gasteiger charge is 2.14. The van der Waals surface area contributed by atoms with Gasteiger partial charge in [0, 0.05) is 16.3 Å². The summed E-state index contributed by atoms with van der Waals surface area (Å²) >= 11 is 6.07. The Bertz CT molecular complexity index is 587. The second-order valence-electron chi connectivity index (χ2n) is 4.86. The fourth-order valence-corrected chi connectivity index (χ4v) is 2.56. The standard InChI is InChI=1S/C15H19ClFN3/c1-10-12(7-8-18-3)11(2)20(19-10)9-13-14(16)5-4-6-15(13)17/h4-6,18H,7-9H2,1-3H3. The molecule has 0 fully saturated rings. The summed E-state index contributed by atoms with van der Waals surface area (Å²) in [4.78, 5) is 0. The summed E-state index contributed by atoms with van der Waals surface area (Å²) in [5.74, 6) is -0.290. The molecule has 0 amide bonds. The van der Waals surface area contributed by atoms with E-state index in [0.29, 0.717) is 17.1 Å². The van der Waals surface area contributed by atoms with Crippen LogP contribution in [0.3, 0.4) is 0 Å². The third-order valence-electron chi connectivity index (χ3n) is 3.53. The average molecular weight is 296 g/mol. The van der Waals surface area contributed by atoms with Crippen LogP contribution in [0.1, 0.15) is 22.5 Å². The summed E-state index contributed by atoms with van der Waals surface area (Å²) in [7, 11) is 1.92. The van der Waals surface area contributed by atoms with Crippen LogP contribution in [0.15, 0.2) is 18.2 Å². The van der Waals surface area contributed by atoms with E-state index in [2.05, 4.69) is 10.4 Å². The molecule has 5 heteroatoms. The Morgan fingerprint density at radius 2 is 2.05 bits per heavy atom. The molecule has 0 unspecified atom stereocenters. The number of rotatable bonds is 5. The maximum Gasteiger partial charge on any atom is 0.129 e. The smallest absolute Gasteiger partial charge is 0.129 e. The molecule has 0 spiro atoms. The first-order valence-corrected chi connectivity index (χ1v) is 7.02. The van der Waals surface area contributed by atoms with E-state index in [4.69, 9.17) is 11.6 Å². The van der Waals surface area contributed by atoms with E-state index < -0.39 is 0 Å². The molecule has 2 rings (SSSR count). The molecule has 0 saturated heterocycles. The van der Waals surface area contributed by atoms with Gasteiger partial charge in [0.05, 0.1) is 12.2 Å². The van der Waals surface area contributed by atoms with Gasteiger partial charge in [0.25, 0.3) is 0 Å². The minimum atomic E-state index is -0.290. The summed E-state index contributed by atoms with van der Waals surface area (Å²) in [6.45, 7) is 5.25. The lowest BCUT2D eigenvalue weighted by atomic mass is 10.1. The minimum Gasteiger partial charge on any atom is -0.319 e. The number of aromatic nitrogens is 2. The number of hydrogen-bond acceptors (Lipinski definition) is 2. The Morgan fingerprint density at radius 1 is 1.30 bits per heavy atom. The first kappa shape index (κ1) is 15.0. The van der Waals surface area contributed by atoms with E-state index in [1.807, 2.05) is 25.6 Å². The van der Waals surface area contributed by atoms with Crippen LogP contribution < -0.4 is 5.32 Å². The van der Waals surface area contributed by atoms with Crippen molar-refractivity contribution >= 4 is 11.6 Å². The highest BCUT2D eigenvalue weighted by molar-refractivity contribution is 6.31. The fraction of sp³-hybridized carbons (Fsp3) is 0.400. The summed E-state index contributed by atoms with van der Waals surface area (Å²) in [6, 6.07) is 4.74. The Morgan fingerprint density at radius 3 is 2.70 bits per heavy atom. The predicted octanol–water partition coefficient (Wildman–Crippen LogP) is 3.10. The Labute approximate surface area is 123 Å². The highest BCUT2D eigenvalue weighted by atomic mass is 35.5. The lowest BCUT2D eigenvalue weighted by Crippen LogP contribution is -2.11. The summed E-state index contributed by atoms with van der Waals surface area (Å²) < 4.78 is 15.7. The Kier molecular flexibility index (Phi) is 4.78. The van der Waals surface area contributed by atoms with Gasteiger partial charge in [0.2, 0.25) is 0 Å². The van der Waals surface area contributed by atoms with Gasteiger partial charge < -0.3 is 5.32 Å². The first-order chi connectivity index (χ1) is 9.54. The SMILES string of the molecule is CNCCc1c(C)nn(Cc2c(F)cccc2Cl)c1C. The molecule has 1 aromatic carbocycles. The van der Waals surface area contributed by atoms with E-state index in [1.165, 1.54) is 11.6 Å². The molecule has 1 heterocycles. The van der Waals surface area contributed by atoms with E-state index in [9.17, 15) is 4.39 Å². The number of halogens is 2. The number of likely N-dealkylation sites (N-methyl/N-ethyl adjacent to an activating group) is 1. The Balaban J connectivity index is 2.30. The third kappa shape index (κ3) is 3.02. The lowest BCUT2D eigenvalue weighted by Gasteiger charge is -2.08. The largest absolute Gasteiger partial charge is 0.319 e. The van der Waals surface area contributed by atoms with Crippen molar-refractivity contribution in [1.29, 1.82) is 0 Å². The van der Waals surface area contributed by atoms with Crippen molar-refractivity contribution in [3.63, 3.8) is 0 Å². The minimum absolute atomic E-state index is 0.290. The zero-order chi connectivity index (χ0) is 14.7. The van der Waals surface area contributed by atoms with E-state index in [-0.39, 0.29) is 5.82 Å². The number of aryl methyl sites for hydroxylation is 1. The molecule has 0 aliphatic heterocycles. The van der Waals surface area contributed by atoms with Crippen LogP contribution in [0, 0.1) is 19.7 Å². The van der Waals surface area contributed by atoms with Crippen molar-refractivity contribution in [2.75, 3.05) is 13.6 Å². The molecule has 1 N–H and O–H groups in total. The molecule has 1 aromatic heterocycles. The third-order valence-corrected chi connectivity index (χ3v) is 3.88. The van der Waals surface area contributed by atoms with Gasteiger partial charge in [-0.3, -0.25) is 4.68 Å². The molecule has 2 aromatic rings. The molecule has 3 nitrogen and oxygen atoms in total. The van der Waals surface area contributed by atoms with Gasteiger partial charge in [0.15, 0.2) is 0 Å². The van der Waals surface area contributed by atoms with Crippen molar-refractivity contribution in [3.8, 4) is 0 Å². The van der Waals surface area contributed by atoms with Gasteiger partial charge in [0.1, 0.15) is 5.82 Å². The maximum atomic E-state index is 13.8. The van der Waals surface area contributed by atoms with Crippen molar-refractivity contribution < 1.29 is 4.39 Å². The molecule has 0 aliphatic rings. The van der Waals surface area contributed by atoms with Crippen molar-refractivity contribution in [1.82, 2.24) is 15.1 Å². The van der Waals surface area contributed by atoms with E-state index in [0.717, 1.165) is 24.4 Å². The number of hydrogen-bond donors (Lipinski definition) is 1. The molecular weight excluding hydrogens is 277 g/mol. The monoisotopic (exact) mass is 295 g/mol. The molecule has 0 saturated carbocycles. The number of benzene rings is 1. The summed E-state index contributed by atoms with van der Waals surface area (Å²) in [6.07, 6.45) is 0.916. The molecule has 0 atom stereocenters. The van der Waals surface area contributed by atoms with Crippen molar-refractivity contribution in [2.24, 2.45) is 0 Å². The topological polar surface area (TPSA) is 29.9 Å². The molecule has 108 valence electrons. The van der Waals surface area contributed by atoms with Gasteiger partial charge in [-0.1, -0.05) is 17.7 Å². The molecule has 0 bridgehead atoms. The zero-order valence-electron chi connectivity index (χ0n) is 12.0. The van der Waals surface area contributed by atoms with Crippen LogP contribution in [0.5, 0.6) is 0 Å². The van der Waals surface area contributed by atoms with Crippen LogP contribution in [-0.4, -0.2) is 23.4 Å². The lowest BCUT2D eigenvalue weighted by molar-refractivity contribution is 0.578. The van der Waals surface area contributed by atoms with E-state index in [1.54, 1.807) is 12.1 Å². The van der Waals surface area contributed by atoms with Gasteiger partial charge >= 0.3 is 0 Å².